The molecule has 0 radical (unpaired) electrons. The molecule has 2 amide bonds. The number of thiazole rings is 1. The maximum absolute atomic E-state index is 12.4. The van der Waals surface area contributed by atoms with Gasteiger partial charge in [0.15, 0.2) is 16.0 Å². The Balaban J connectivity index is 2.24. The number of aromatic nitrogens is 1. The van der Waals surface area contributed by atoms with Crippen molar-refractivity contribution in [1.29, 1.82) is 0 Å². The Hall–Kier alpha value is -2.23. The Kier molecular flexibility index (Phi) is 5.84. The normalized spacial score (nSPS) is 20.5. The van der Waals surface area contributed by atoms with E-state index in [0.717, 1.165) is 18.3 Å². The minimum Gasteiger partial charge on any atom is -0.398 e. The molecule has 2 atom stereocenters. The van der Waals surface area contributed by atoms with Crippen LogP contribution in [0, 0.1) is 0 Å². The zero-order chi connectivity index (χ0) is 19.6. The first-order valence-electron chi connectivity index (χ1n) is 6.67. The zero-order valence-corrected chi connectivity index (χ0v) is 15.7. The van der Waals surface area contributed by atoms with Gasteiger partial charge in [0.25, 0.3) is 11.8 Å². The van der Waals surface area contributed by atoms with Gasteiger partial charge in [-0.25, -0.2) is 4.98 Å². The quantitative estimate of drug-likeness (QED) is 0.218. The molecule has 0 unspecified atom stereocenters. The van der Waals surface area contributed by atoms with Crippen LogP contribution in [-0.2, 0) is 29.5 Å². The number of carbonyl (C=O) groups excluding carboxylic acids is 3. The van der Waals surface area contributed by atoms with E-state index >= 15 is 0 Å². The van der Waals surface area contributed by atoms with Crippen molar-refractivity contribution < 1.29 is 32.2 Å². The average Bonchev–Trinajstić information content (AvgIpc) is 2.94. The SMILES string of the molecule is CO/N=C(\C(=O)N[C@@H]1C(=O)N(S(=O)(=O)O)[C@@H]1SC(C)=O)c1csc(N)n1. The highest BCUT2D eigenvalue weighted by atomic mass is 32.2. The van der Waals surface area contributed by atoms with Crippen LogP contribution in [0.25, 0.3) is 0 Å². The van der Waals surface area contributed by atoms with Crippen molar-refractivity contribution in [3.63, 3.8) is 0 Å². The van der Waals surface area contributed by atoms with Crippen LogP contribution in [-0.4, -0.2) is 63.4 Å². The topological polar surface area (TPSA) is 181 Å². The molecule has 1 aliphatic heterocycles. The zero-order valence-electron chi connectivity index (χ0n) is 13.3. The van der Waals surface area contributed by atoms with Gasteiger partial charge in [0.2, 0.25) is 0 Å². The lowest BCUT2D eigenvalue weighted by molar-refractivity contribution is -0.141. The Bertz CT molecular complexity index is 880. The molecule has 2 heterocycles. The van der Waals surface area contributed by atoms with Crippen LogP contribution in [0.4, 0.5) is 5.13 Å². The minimum atomic E-state index is -4.88. The molecule has 0 spiro atoms. The van der Waals surface area contributed by atoms with Crippen LogP contribution in [0.1, 0.15) is 12.6 Å². The van der Waals surface area contributed by atoms with Gasteiger partial charge >= 0.3 is 10.3 Å². The third-order valence-electron chi connectivity index (χ3n) is 2.98. The predicted octanol–water partition coefficient (Wildman–Crippen LogP) is -1.19. The molecule has 1 aromatic rings. The summed E-state index contributed by atoms with van der Waals surface area (Å²) in [4.78, 5) is 44.1. The standard InChI is InChI=1S/C11H13N5O7S3/c1-4(17)25-10-7(9(19)16(10)26(20,21)22)14-8(18)6(15-23-2)5-3-24-11(12)13-5/h3,7,10H,1-2H3,(H2,12,13)(H,14,18)(H,20,21,22)/b15-6-/t7-,10-/m1/s1. The van der Waals surface area contributed by atoms with E-state index in [9.17, 15) is 22.8 Å². The van der Waals surface area contributed by atoms with Crippen molar-refractivity contribution in [3.8, 4) is 0 Å². The molecule has 0 aromatic carbocycles. The van der Waals surface area contributed by atoms with Crippen LogP contribution < -0.4 is 11.1 Å². The van der Waals surface area contributed by atoms with Gasteiger partial charge in [-0.1, -0.05) is 16.9 Å². The average molecular weight is 423 g/mol. The van der Waals surface area contributed by atoms with Crippen molar-refractivity contribution in [3.05, 3.63) is 11.1 Å². The van der Waals surface area contributed by atoms with E-state index in [2.05, 4.69) is 20.3 Å². The summed E-state index contributed by atoms with van der Waals surface area (Å²) in [6, 6.07) is -1.38. The number of rotatable bonds is 6. The van der Waals surface area contributed by atoms with Gasteiger partial charge in [-0.3, -0.25) is 18.9 Å². The Morgan fingerprint density at radius 1 is 1.54 bits per heavy atom. The highest BCUT2D eigenvalue weighted by Crippen LogP contribution is 2.32. The van der Waals surface area contributed by atoms with Gasteiger partial charge < -0.3 is 15.9 Å². The summed E-state index contributed by atoms with van der Waals surface area (Å²) in [6.07, 6.45) is 0. The lowest BCUT2D eigenvalue weighted by Gasteiger charge is -2.42. The van der Waals surface area contributed by atoms with Gasteiger partial charge in [0.05, 0.1) is 0 Å². The lowest BCUT2D eigenvalue weighted by atomic mass is 10.1. The van der Waals surface area contributed by atoms with Crippen LogP contribution in [0.3, 0.4) is 0 Å². The summed E-state index contributed by atoms with van der Waals surface area (Å²) in [7, 11) is -3.69. The molecular weight excluding hydrogens is 410 g/mol. The molecule has 15 heteroatoms. The van der Waals surface area contributed by atoms with Crippen LogP contribution in [0.2, 0.25) is 0 Å². The van der Waals surface area contributed by atoms with E-state index in [0.29, 0.717) is 11.8 Å². The molecule has 1 saturated heterocycles. The number of nitrogens with one attached hydrogen (secondary N) is 1. The minimum absolute atomic E-state index is 0.0843. The first kappa shape index (κ1) is 20.1. The van der Waals surface area contributed by atoms with Gasteiger partial charge in [-0.2, -0.15) is 12.7 Å². The molecule has 0 aliphatic carbocycles. The third-order valence-corrected chi connectivity index (χ3v) is 5.75. The second-order valence-electron chi connectivity index (χ2n) is 4.76. The number of hydrogen-bond acceptors (Lipinski definition) is 11. The summed E-state index contributed by atoms with van der Waals surface area (Å²) in [5, 5.41) is 5.52. The Labute approximate surface area is 155 Å². The summed E-state index contributed by atoms with van der Waals surface area (Å²) in [5.41, 5.74) is 5.28. The summed E-state index contributed by atoms with van der Waals surface area (Å²) >= 11 is 1.50. The third kappa shape index (κ3) is 4.12. The molecule has 1 fully saturated rings. The number of nitrogen functional groups attached to an aromatic ring is 1. The van der Waals surface area contributed by atoms with Crippen LogP contribution in [0.15, 0.2) is 10.5 Å². The van der Waals surface area contributed by atoms with Crippen LogP contribution in [0.5, 0.6) is 0 Å². The van der Waals surface area contributed by atoms with Gasteiger partial charge in [0, 0.05) is 12.3 Å². The van der Waals surface area contributed by atoms with Crippen molar-refractivity contribution in [2.45, 2.75) is 18.3 Å². The largest absolute Gasteiger partial charge is 0.398 e. The van der Waals surface area contributed by atoms with Crippen molar-refractivity contribution in [1.82, 2.24) is 14.6 Å². The highest BCUT2D eigenvalue weighted by molar-refractivity contribution is 8.14. The second-order valence-corrected chi connectivity index (χ2v) is 8.23. The molecule has 0 saturated carbocycles. The fourth-order valence-corrected chi connectivity index (χ4v) is 4.59. The van der Waals surface area contributed by atoms with E-state index in [1.807, 2.05) is 0 Å². The molecule has 2 rings (SSSR count). The molecule has 4 N–H and O–H groups in total. The summed E-state index contributed by atoms with van der Waals surface area (Å²) < 4.78 is 31.7. The fraction of sp³-hybridized carbons (Fsp3) is 0.364. The van der Waals surface area contributed by atoms with E-state index < -0.39 is 38.6 Å². The number of anilines is 1. The van der Waals surface area contributed by atoms with E-state index in [1.54, 1.807) is 0 Å². The summed E-state index contributed by atoms with van der Waals surface area (Å²) in [6.45, 7) is 1.14. The molecule has 26 heavy (non-hydrogen) atoms. The summed E-state index contributed by atoms with van der Waals surface area (Å²) in [5.74, 6) is -2.01. The first-order chi connectivity index (χ1) is 12.1. The van der Waals surface area contributed by atoms with Crippen molar-refractivity contribution in [2.75, 3.05) is 12.8 Å². The Morgan fingerprint density at radius 3 is 2.65 bits per heavy atom. The first-order valence-corrected chi connectivity index (χ1v) is 9.83. The number of nitrogens with two attached hydrogens (primary N) is 1. The molecule has 142 valence electrons. The van der Waals surface area contributed by atoms with Gasteiger partial charge in [0.1, 0.15) is 24.2 Å². The number of amides is 2. The van der Waals surface area contributed by atoms with Crippen molar-refractivity contribution in [2.24, 2.45) is 5.16 Å². The Morgan fingerprint density at radius 2 is 2.19 bits per heavy atom. The number of β-lactam (4-membered cyclic amide) rings is 1. The van der Waals surface area contributed by atoms with E-state index in [1.165, 1.54) is 12.5 Å². The molecule has 1 aliphatic rings. The monoisotopic (exact) mass is 423 g/mol. The maximum Gasteiger partial charge on any atom is 0.363 e. The second kappa shape index (κ2) is 7.56. The molecule has 1 aromatic heterocycles. The van der Waals surface area contributed by atoms with Crippen molar-refractivity contribution >= 4 is 61.2 Å². The lowest BCUT2D eigenvalue weighted by Crippen LogP contribution is -2.71. The number of hydrogen-bond donors (Lipinski definition) is 3. The van der Waals surface area contributed by atoms with Crippen LogP contribution >= 0.6 is 23.1 Å². The van der Waals surface area contributed by atoms with E-state index in [4.69, 9.17) is 10.3 Å². The van der Waals surface area contributed by atoms with E-state index in [-0.39, 0.29) is 20.8 Å². The molecule has 12 nitrogen and oxygen atoms in total. The fourth-order valence-electron chi connectivity index (χ4n) is 2.00. The van der Waals surface area contributed by atoms with Gasteiger partial charge in [-0.05, 0) is 0 Å². The molecule has 0 bridgehead atoms. The predicted molar refractivity (Wildman–Crippen MR) is 92.5 cm³/mol. The number of carbonyl (C=O) groups is 3. The number of thioether (sulfide) groups is 1. The number of nitrogens with zero attached hydrogens (tertiary/aromatic N) is 3. The maximum atomic E-state index is 12.4. The molecular formula is C11H13N5O7S3. The smallest absolute Gasteiger partial charge is 0.363 e. The number of oxime groups is 1. The van der Waals surface area contributed by atoms with Gasteiger partial charge in [-0.15, -0.1) is 11.3 Å². The highest BCUT2D eigenvalue weighted by Gasteiger charge is 2.55.